The van der Waals surface area contributed by atoms with Crippen LogP contribution in [-0.4, -0.2) is 30.1 Å². The van der Waals surface area contributed by atoms with Crippen LogP contribution in [0, 0.1) is 5.92 Å². The van der Waals surface area contributed by atoms with Crippen LogP contribution in [0.1, 0.15) is 25.8 Å². The molecule has 5 nitrogen and oxygen atoms in total. The molecule has 0 aliphatic heterocycles. The van der Waals surface area contributed by atoms with E-state index in [1.54, 1.807) is 6.07 Å². The fourth-order valence-corrected chi connectivity index (χ4v) is 1.78. The van der Waals surface area contributed by atoms with Crippen molar-refractivity contribution in [3.8, 4) is 5.75 Å². The Kier molecular flexibility index (Phi) is 7.15. The molecular weight excluding hydrogens is 313 g/mol. The van der Waals surface area contributed by atoms with Crippen LogP contribution in [0.3, 0.4) is 0 Å². The van der Waals surface area contributed by atoms with Crippen LogP contribution in [0.4, 0.5) is 18.0 Å². The van der Waals surface area contributed by atoms with Crippen molar-refractivity contribution in [3.05, 3.63) is 29.8 Å². The summed E-state index contributed by atoms with van der Waals surface area (Å²) < 4.78 is 40.8. The van der Waals surface area contributed by atoms with Crippen molar-refractivity contribution in [1.29, 1.82) is 0 Å². The zero-order valence-corrected chi connectivity index (χ0v) is 13.0. The van der Waals surface area contributed by atoms with Gasteiger partial charge in [-0.2, -0.15) is 0 Å². The molecule has 0 spiro atoms. The molecule has 2 unspecified atom stereocenters. The Labute approximate surface area is 132 Å². The minimum Gasteiger partial charge on any atom is -0.405 e. The van der Waals surface area contributed by atoms with Gasteiger partial charge in [0.05, 0.1) is 6.10 Å². The molecule has 3 N–H and O–H groups in total. The summed E-state index contributed by atoms with van der Waals surface area (Å²) in [6, 6.07) is 4.98. The lowest BCUT2D eigenvalue weighted by molar-refractivity contribution is -0.274. The van der Waals surface area contributed by atoms with Crippen LogP contribution < -0.4 is 15.4 Å². The van der Waals surface area contributed by atoms with Gasteiger partial charge in [0.25, 0.3) is 0 Å². The van der Waals surface area contributed by atoms with Gasteiger partial charge in [-0.1, -0.05) is 38.5 Å². The maximum atomic E-state index is 12.3. The fourth-order valence-electron chi connectivity index (χ4n) is 1.78. The van der Waals surface area contributed by atoms with Crippen LogP contribution >= 0.6 is 0 Å². The highest BCUT2D eigenvalue weighted by Gasteiger charge is 2.31. The molecule has 2 amide bonds. The molecule has 0 aliphatic rings. The van der Waals surface area contributed by atoms with E-state index in [0.717, 1.165) is 6.42 Å². The van der Waals surface area contributed by atoms with Crippen LogP contribution in [0.25, 0.3) is 0 Å². The molecule has 0 fully saturated rings. The highest BCUT2D eigenvalue weighted by Crippen LogP contribution is 2.25. The molecular formula is C15H21F3N2O3. The molecule has 2 atom stereocenters. The van der Waals surface area contributed by atoms with Crippen molar-refractivity contribution in [1.82, 2.24) is 10.6 Å². The van der Waals surface area contributed by atoms with E-state index in [9.17, 15) is 23.1 Å². The fraction of sp³-hybridized carbons (Fsp3) is 0.533. The normalized spacial score (nSPS) is 14.0. The van der Waals surface area contributed by atoms with Gasteiger partial charge in [-0.15, -0.1) is 13.2 Å². The van der Waals surface area contributed by atoms with Crippen LogP contribution in [-0.2, 0) is 6.54 Å². The summed E-state index contributed by atoms with van der Waals surface area (Å²) in [7, 11) is 0. The Bertz CT molecular complexity index is 509. The maximum Gasteiger partial charge on any atom is 0.573 e. The van der Waals surface area contributed by atoms with Gasteiger partial charge in [-0.05, 0) is 12.0 Å². The molecule has 0 bridgehead atoms. The second kappa shape index (κ2) is 8.61. The summed E-state index contributed by atoms with van der Waals surface area (Å²) in [4.78, 5) is 11.6. The lowest BCUT2D eigenvalue weighted by Crippen LogP contribution is -2.41. The van der Waals surface area contributed by atoms with Crippen molar-refractivity contribution in [2.45, 2.75) is 39.3 Å². The molecule has 0 aromatic heterocycles. The molecule has 0 saturated heterocycles. The van der Waals surface area contributed by atoms with Gasteiger partial charge >= 0.3 is 12.4 Å². The number of rotatable bonds is 7. The predicted molar refractivity (Wildman–Crippen MR) is 78.8 cm³/mol. The Morgan fingerprint density at radius 1 is 1.30 bits per heavy atom. The SMILES string of the molecule is CCC(C)C(O)CNC(=O)NCc1ccccc1OC(F)(F)F. The van der Waals surface area contributed by atoms with E-state index in [2.05, 4.69) is 15.4 Å². The van der Waals surface area contributed by atoms with Crippen LogP contribution in [0.15, 0.2) is 24.3 Å². The first-order valence-electron chi connectivity index (χ1n) is 7.26. The van der Waals surface area contributed by atoms with Gasteiger partial charge in [0.1, 0.15) is 5.75 Å². The number of benzene rings is 1. The predicted octanol–water partition coefficient (Wildman–Crippen LogP) is 2.79. The smallest absolute Gasteiger partial charge is 0.405 e. The number of halogens is 3. The Morgan fingerprint density at radius 2 is 1.96 bits per heavy atom. The van der Waals surface area contributed by atoms with Crippen molar-refractivity contribution in [3.63, 3.8) is 0 Å². The van der Waals surface area contributed by atoms with Crippen LogP contribution in [0.5, 0.6) is 5.75 Å². The molecule has 23 heavy (non-hydrogen) atoms. The zero-order chi connectivity index (χ0) is 17.5. The topological polar surface area (TPSA) is 70.6 Å². The quantitative estimate of drug-likeness (QED) is 0.718. The summed E-state index contributed by atoms with van der Waals surface area (Å²) in [5.74, 6) is -0.323. The summed E-state index contributed by atoms with van der Waals surface area (Å²) in [6.45, 7) is 3.72. The van der Waals surface area contributed by atoms with Gasteiger partial charge in [-0.25, -0.2) is 4.79 Å². The summed E-state index contributed by atoms with van der Waals surface area (Å²) >= 11 is 0. The van der Waals surface area contributed by atoms with Crippen molar-refractivity contribution in [2.24, 2.45) is 5.92 Å². The molecule has 130 valence electrons. The van der Waals surface area contributed by atoms with Gasteiger partial charge < -0.3 is 20.5 Å². The number of alkyl halides is 3. The minimum atomic E-state index is -4.79. The van der Waals surface area contributed by atoms with Crippen molar-refractivity contribution >= 4 is 6.03 Å². The second-order valence-electron chi connectivity index (χ2n) is 5.17. The summed E-state index contributed by atoms with van der Waals surface area (Å²) in [5, 5.41) is 14.6. The number of ether oxygens (including phenoxy) is 1. The lowest BCUT2D eigenvalue weighted by Gasteiger charge is -2.18. The van der Waals surface area contributed by atoms with E-state index in [1.807, 2.05) is 13.8 Å². The van der Waals surface area contributed by atoms with Gasteiger partial charge in [-0.3, -0.25) is 0 Å². The maximum absolute atomic E-state index is 12.3. The number of urea groups is 1. The standard InChI is InChI=1S/C15H21F3N2O3/c1-3-10(2)12(21)9-20-14(22)19-8-11-6-4-5-7-13(11)23-15(16,17)18/h4-7,10,12,21H,3,8-9H2,1-2H3,(H2,19,20,22). The summed E-state index contributed by atoms with van der Waals surface area (Å²) in [5.41, 5.74) is 0.197. The van der Waals surface area contributed by atoms with Gasteiger partial charge in [0, 0.05) is 18.7 Å². The van der Waals surface area contributed by atoms with E-state index in [1.165, 1.54) is 18.2 Å². The van der Waals surface area contributed by atoms with E-state index in [-0.39, 0.29) is 30.3 Å². The lowest BCUT2D eigenvalue weighted by atomic mass is 10.0. The number of carbonyl (C=O) groups is 1. The highest BCUT2D eigenvalue weighted by atomic mass is 19.4. The number of aliphatic hydroxyl groups is 1. The molecule has 0 aliphatic carbocycles. The molecule has 1 aromatic rings. The number of hydrogen-bond acceptors (Lipinski definition) is 3. The average Bonchev–Trinajstić information content (AvgIpc) is 2.49. The minimum absolute atomic E-state index is 0.0382. The largest absolute Gasteiger partial charge is 0.573 e. The highest BCUT2D eigenvalue weighted by molar-refractivity contribution is 5.73. The monoisotopic (exact) mass is 334 g/mol. The zero-order valence-electron chi connectivity index (χ0n) is 13.0. The second-order valence-corrected chi connectivity index (χ2v) is 5.17. The first-order chi connectivity index (χ1) is 10.7. The number of para-hydroxylation sites is 1. The van der Waals surface area contributed by atoms with Crippen molar-refractivity contribution < 1.29 is 27.8 Å². The van der Waals surface area contributed by atoms with E-state index in [0.29, 0.717) is 0 Å². The molecule has 0 radical (unpaired) electrons. The molecule has 1 rings (SSSR count). The van der Waals surface area contributed by atoms with Crippen LogP contribution in [0.2, 0.25) is 0 Å². The van der Waals surface area contributed by atoms with Gasteiger partial charge in [0.15, 0.2) is 0 Å². The molecule has 8 heteroatoms. The third-order valence-electron chi connectivity index (χ3n) is 3.41. The number of nitrogens with one attached hydrogen (secondary N) is 2. The number of carbonyl (C=O) groups excluding carboxylic acids is 1. The third-order valence-corrected chi connectivity index (χ3v) is 3.41. The first kappa shape index (κ1) is 19.1. The molecule has 1 aromatic carbocycles. The summed E-state index contributed by atoms with van der Waals surface area (Å²) in [6.07, 6.45) is -4.70. The van der Waals surface area contributed by atoms with E-state index >= 15 is 0 Å². The number of aliphatic hydroxyl groups excluding tert-OH is 1. The third kappa shape index (κ3) is 7.23. The van der Waals surface area contributed by atoms with Crippen molar-refractivity contribution in [2.75, 3.05) is 6.54 Å². The Balaban J connectivity index is 2.50. The van der Waals surface area contributed by atoms with E-state index in [4.69, 9.17) is 0 Å². The van der Waals surface area contributed by atoms with E-state index < -0.39 is 18.5 Å². The molecule has 0 saturated carbocycles. The average molecular weight is 334 g/mol. The van der Waals surface area contributed by atoms with Gasteiger partial charge in [0.2, 0.25) is 0 Å². The number of hydrogen-bond donors (Lipinski definition) is 3. The Morgan fingerprint density at radius 3 is 2.57 bits per heavy atom. The Hall–Kier alpha value is -1.96. The first-order valence-corrected chi connectivity index (χ1v) is 7.26. The number of amides is 2. The molecule has 0 heterocycles.